The number of nitrogens with one attached hydrogen (secondary N) is 9. The SMILES string of the molecule is CCC(C)CC(C)[C@@H](O)[C@@H](C)C(=O)N[C@H](CN)C(=O)N[C@@H]([C@H](O)C(O)C(=O)N[C@H](C(=O)NC1C(=O)NC([C@@H](C)O)C(=O)N[C@H](CCCN)C(=O)NC(CC(C)C)C(=O)N(C)[C@@H](CCC(N)=O)C(=O)NC(C(OC)C(N)=O)C(=O)NC(CC(N)=O)C(=O)N(C)[C@@H](CC(C)C)C(=O)OC1C)[C@@H](C)[C@@H](C)C(N)=O)C(C)(C)O. The molecule has 0 aliphatic carbocycles. The number of carbonyl (C=O) groups is 16. The standard InChI is InChI=1S/C69H123N17O23/c1-18-31(6)26-32(7)50(90)35(10)57(95)79-41(28-71)59(97)84-54(69(13,14)107)51(91)52(92)65(103)80-46(33(8)34(9)55(74)93)61(99)82-48-37(12)109-68(106)43(25-30(4)5)86(16)67(105)40(27-45(73)89)78-64(102)49(53(108-17)56(75)94)83-60(98)42(21-22-44(72)88)85(15)66(104)39(24-29(2)3)77-58(96)38(20-19-23-70)76-62(100)47(36(11)87)81-63(48)101/h29-43,46-54,87,90-92,107H,18-28,70-71H2,1-17H3,(H2,72,88)(H2,73,89)(H2,74,93)(H2,75,94)(H,76,100)(H,77,96)(H,78,102)(H,79,95)(H,80,103)(H,81,101)(H,82,99)(H,83,98)(H,84,97)/t31?,32?,33-,34+,35+,36+,37?,38+,39?,40?,41+,42-,43-,46-,47?,48?,49?,50+,51+,52?,53?,54-/m0/s1. The Morgan fingerprint density at radius 2 is 1.14 bits per heavy atom. The van der Waals surface area contributed by atoms with Gasteiger partial charge in [-0.05, 0) is 102 Å². The topological polar surface area (TPSA) is 664 Å². The maximum atomic E-state index is 15.2. The van der Waals surface area contributed by atoms with E-state index in [0.717, 1.165) is 60.2 Å². The van der Waals surface area contributed by atoms with E-state index in [2.05, 4.69) is 47.9 Å². The number of hydrogen-bond acceptors (Lipinski definition) is 25. The monoisotopic (exact) mass is 1560 g/mol. The molecule has 40 nitrogen and oxygen atoms in total. The summed E-state index contributed by atoms with van der Waals surface area (Å²) in [7, 11) is 2.99. The first kappa shape index (κ1) is 98.2. The summed E-state index contributed by atoms with van der Waals surface area (Å²) in [5.74, 6) is -25.4. The molecule has 0 saturated carbocycles. The zero-order valence-corrected chi connectivity index (χ0v) is 65.6. The summed E-state index contributed by atoms with van der Waals surface area (Å²) in [5, 5.41) is 78.1. The van der Waals surface area contributed by atoms with Gasteiger partial charge in [0.1, 0.15) is 72.6 Å². The van der Waals surface area contributed by atoms with Crippen molar-refractivity contribution in [3.8, 4) is 0 Å². The summed E-state index contributed by atoms with van der Waals surface area (Å²) in [6, 6.07) is -21.6. The van der Waals surface area contributed by atoms with E-state index in [1.54, 1.807) is 34.6 Å². The lowest BCUT2D eigenvalue weighted by Gasteiger charge is -2.37. The van der Waals surface area contributed by atoms with Crippen LogP contribution in [0.1, 0.15) is 155 Å². The van der Waals surface area contributed by atoms with E-state index in [1.165, 1.54) is 20.8 Å². The summed E-state index contributed by atoms with van der Waals surface area (Å²) in [4.78, 5) is 228. The highest BCUT2D eigenvalue weighted by Crippen LogP contribution is 2.25. The molecule has 0 aromatic heterocycles. The van der Waals surface area contributed by atoms with Crippen molar-refractivity contribution in [2.45, 2.75) is 263 Å². The number of aliphatic hydroxyl groups excluding tert-OH is 4. The first-order valence-corrected chi connectivity index (χ1v) is 36.4. The molecule has 1 rings (SSSR count). The lowest BCUT2D eigenvalue weighted by atomic mass is 9.85. The number of carbonyl (C=O) groups excluding carboxylic acids is 16. The number of amides is 15. The van der Waals surface area contributed by atoms with Gasteiger partial charge in [-0.3, -0.25) is 71.9 Å². The molecule has 1 aliphatic heterocycles. The molecule has 40 heteroatoms. The number of cyclic esters (lactones) is 1. The first-order chi connectivity index (χ1) is 50.4. The van der Waals surface area contributed by atoms with Crippen LogP contribution in [-0.4, -0.2) is 273 Å². The molecule has 0 bridgehead atoms. The number of methoxy groups -OCH3 is 1. The maximum Gasteiger partial charge on any atom is 0.329 e. The smallest absolute Gasteiger partial charge is 0.329 e. The van der Waals surface area contributed by atoms with Gasteiger partial charge in [-0.2, -0.15) is 0 Å². The van der Waals surface area contributed by atoms with Crippen LogP contribution in [0.5, 0.6) is 0 Å². The molecule has 1 fully saturated rings. The Bertz CT molecular complexity index is 3160. The fourth-order valence-corrected chi connectivity index (χ4v) is 12.1. The molecule has 15 amide bonds. The first-order valence-electron chi connectivity index (χ1n) is 36.4. The van der Waals surface area contributed by atoms with Crippen LogP contribution in [0.4, 0.5) is 0 Å². The number of nitrogens with zero attached hydrogens (tertiary/aromatic N) is 2. The third kappa shape index (κ3) is 30.2. The third-order valence-corrected chi connectivity index (χ3v) is 19.3. The predicted octanol–water partition coefficient (Wildman–Crippen LogP) is -7.92. The van der Waals surface area contributed by atoms with Gasteiger partial charge < -0.3 is 127 Å². The van der Waals surface area contributed by atoms with Gasteiger partial charge in [0.05, 0.1) is 36.2 Å². The second-order valence-electron chi connectivity index (χ2n) is 29.8. The summed E-state index contributed by atoms with van der Waals surface area (Å²) < 4.78 is 11.1. The largest absolute Gasteiger partial charge is 0.458 e. The molecule has 109 heavy (non-hydrogen) atoms. The Morgan fingerprint density at radius 1 is 0.606 bits per heavy atom. The minimum Gasteiger partial charge on any atom is -0.458 e. The van der Waals surface area contributed by atoms with E-state index >= 15 is 9.59 Å². The highest BCUT2D eigenvalue weighted by molar-refractivity contribution is 6.01. The number of primary amides is 4. The maximum absolute atomic E-state index is 15.2. The van der Waals surface area contributed by atoms with Crippen molar-refractivity contribution in [3.05, 3.63) is 0 Å². The number of ether oxygens (including phenoxy) is 2. The Hall–Kier alpha value is -8.80. The molecule has 0 aromatic rings. The number of aliphatic hydroxyl groups is 5. The number of likely N-dealkylation sites (N-methyl/N-ethyl adjacent to an activating group) is 2. The van der Waals surface area contributed by atoms with E-state index in [0.29, 0.717) is 11.3 Å². The van der Waals surface area contributed by atoms with Gasteiger partial charge in [0.25, 0.3) is 5.91 Å². The van der Waals surface area contributed by atoms with Crippen molar-refractivity contribution >= 4 is 94.6 Å². The number of hydrogen-bond donors (Lipinski definition) is 20. The minimum absolute atomic E-state index is 0.0123. The fraction of sp³-hybridized carbons (Fsp3) is 0.768. The van der Waals surface area contributed by atoms with Crippen LogP contribution < -0.4 is 82.3 Å². The zero-order valence-electron chi connectivity index (χ0n) is 65.6. The van der Waals surface area contributed by atoms with Crippen LogP contribution in [0.2, 0.25) is 0 Å². The summed E-state index contributed by atoms with van der Waals surface area (Å²) in [5.41, 5.74) is 32.0. The molecule has 0 aromatic carbocycles. The van der Waals surface area contributed by atoms with Gasteiger partial charge in [-0.1, -0.05) is 75.7 Å². The molecule has 10 unspecified atom stereocenters. The zero-order chi connectivity index (χ0) is 84.3. The Labute approximate surface area is 635 Å². The fourth-order valence-electron chi connectivity index (χ4n) is 12.1. The highest BCUT2D eigenvalue weighted by atomic mass is 16.5. The molecule has 26 N–H and O–H groups in total. The second kappa shape index (κ2) is 45.4. The third-order valence-electron chi connectivity index (χ3n) is 19.3. The average molecular weight is 1560 g/mol. The van der Waals surface area contributed by atoms with Gasteiger partial charge in [0, 0.05) is 40.1 Å². The quantitative estimate of drug-likeness (QED) is 0.0259. The van der Waals surface area contributed by atoms with E-state index in [-0.39, 0.29) is 44.1 Å². The molecule has 622 valence electrons. The van der Waals surface area contributed by atoms with Crippen molar-refractivity contribution in [1.82, 2.24) is 57.7 Å². The Balaban J connectivity index is 4.50. The molecular weight excluding hydrogens is 1430 g/mol. The number of rotatable bonds is 36. The molecular formula is C69H123N17O23. The van der Waals surface area contributed by atoms with Gasteiger partial charge in [-0.15, -0.1) is 0 Å². The minimum atomic E-state index is -2.75. The van der Waals surface area contributed by atoms with Gasteiger partial charge in [0.2, 0.25) is 82.7 Å². The van der Waals surface area contributed by atoms with E-state index in [9.17, 15) is 92.7 Å². The van der Waals surface area contributed by atoms with Gasteiger partial charge in [-0.25, -0.2) is 4.79 Å². The number of esters is 1. The lowest BCUT2D eigenvalue weighted by molar-refractivity contribution is -0.162. The average Bonchev–Trinajstić information content (AvgIpc) is 1.04. The Kier molecular flexibility index (Phi) is 40.9. The van der Waals surface area contributed by atoms with Crippen LogP contribution in [0.25, 0.3) is 0 Å². The predicted molar refractivity (Wildman–Crippen MR) is 390 cm³/mol. The molecule has 1 aliphatic rings. The van der Waals surface area contributed by atoms with Crippen LogP contribution in [0.3, 0.4) is 0 Å². The number of nitrogens with two attached hydrogens (primary N) is 6. The van der Waals surface area contributed by atoms with Crippen molar-refractivity contribution in [2.24, 2.45) is 75.8 Å². The normalized spacial score (nSPS) is 24.4. The molecule has 1 heterocycles. The van der Waals surface area contributed by atoms with Crippen molar-refractivity contribution in [1.29, 1.82) is 0 Å². The van der Waals surface area contributed by atoms with E-state index in [1.807, 2.05) is 13.8 Å². The van der Waals surface area contributed by atoms with Crippen molar-refractivity contribution in [2.75, 3.05) is 34.3 Å². The van der Waals surface area contributed by atoms with Gasteiger partial charge >= 0.3 is 5.97 Å². The molecule has 0 radical (unpaired) electrons. The van der Waals surface area contributed by atoms with Crippen LogP contribution >= 0.6 is 0 Å². The highest BCUT2D eigenvalue weighted by Gasteiger charge is 2.47. The molecule has 1 saturated heterocycles. The summed E-state index contributed by atoms with van der Waals surface area (Å²) in [6.07, 6.45) is -14.3. The van der Waals surface area contributed by atoms with Crippen LogP contribution in [-0.2, 0) is 86.2 Å². The van der Waals surface area contributed by atoms with Gasteiger partial charge in [0.15, 0.2) is 12.2 Å². The second-order valence-corrected chi connectivity index (χ2v) is 29.8. The lowest BCUT2D eigenvalue weighted by Crippen LogP contribution is -2.66. The van der Waals surface area contributed by atoms with Crippen molar-refractivity contribution in [3.63, 3.8) is 0 Å². The molecule has 22 atom stereocenters. The van der Waals surface area contributed by atoms with Crippen LogP contribution in [0, 0.1) is 41.4 Å². The summed E-state index contributed by atoms with van der Waals surface area (Å²) >= 11 is 0. The van der Waals surface area contributed by atoms with Crippen LogP contribution in [0.15, 0.2) is 0 Å². The Morgan fingerprint density at radius 3 is 1.62 bits per heavy atom. The summed E-state index contributed by atoms with van der Waals surface area (Å²) in [6.45, 7) is 19.4. The van der Waals surface area contributed by atoms with E-state index < -0.39 is 259 Å². The van der Waals surface area contributed by atoms with E-state index in [4.69, 9.17) is 43.9 Å². The van der Waals surface area contributed by atoms with Crippen molar-refractivity contribution < 1.29 is 112 Å². The molecule has 0 spiro atoms.